The zero-order valence-electron chi connectivity index (χ0n) is 27.4. The Labute approximate surface area is 275 Å². The molecular formula is C35H43N7O5. The molecule has 0 bridgehead atoms. The number of rotatable bonds is 16. The Kier molecular flexibility index (Phi) is 12.8. The molecule has 2 aromatic heterocycles. The van der Waals surface area contributed by atoms with Crippen molar-refractivity contribution < 1.29 is 23.9 Å². The lowest BCUT2D eigenvalue weighted by atomic mass is 10.1. The molecule has 0 aliphatic heterocycles. The zero-order chi connectivity index (χ0) is 33.6. The zero-order valence-corrected chi connectivity index (χ0v) is 27.4. The Bertz CT molecular complexity index is 1650. The van der Waals surface area contributed by atoms with Crippen molar-refractivity contribution in [2.45, 2.75) is 65.5 Å². The molecule has 12 heteroatoms. The van der Waals surface area contributed by atoms with Crippen molar-refractivity contribution in [2.75, 3.05) is 23.4 Å². The van der Waals surface area contributed by atoms with Gasteiger partial charge in [-0.1, -0.05) is 44.4 Å². The number of aryl methyl sites for hydroxylation is 1. The van der Waals surface area contributed by atoms with Gasteiger partial charge >= 0.3 is 12.1 Å². The van der Waals surface area contributed by atoms with Gasteiger partial charge in [-0.05, 0) is 68.3 Å². The number of nitrogens with zero attached hydrogens (tertiary/aromatic N) is 5. The summed E-state index contributed by atoms with van der Waals surface area (Å²) in [6, 6.07) is 18.3. The average molecular weight is 642 g/mol. The van der Waals surface area contributed by atoms with Crippen LogP contribution in [0.15, 0.2) is 72.0 Å². The van der Waals surface area contributed by atoms with Crippen LogP contribution in [0, 0.1) is 0 Å². The maximum Gasteiger partial charge on any atom is 0.427 e. The molecule has 0 saturated carbocycles. The number of nitrogens with one attached hydrogen (secondary N) is 2. The van der Waals surface area contributed by atoms with Crippen LogP contribution in [0.2, 0.25) is 0 Å². The minimum atomic E-state index is -0.566. The summed E-state index contributed by atoms with van der Waals surface area (Å²) in [4.78, 5) is 48.3. The number of imidazole rings is 1. The predicted molar refractivity (Wildman–Crippen MR) is 182 cm³/mol. The minimum absolute atomic E-state index is 0.0424. The van der Waals surface area contributed by atoms with Gasteiger partial charge in [-0.25, -0.2) is 20.2 Å². The number of fused-ring (bicyclic) bond motifs is 1. The maximum absolute atomic E-state index is 13.7. The highest BCUT2D eigenvalue weighted by Crippen LogP contribution is 2.21. The SMILES string of the molecule is CCCCCCOC(=O)N/N=C/c1ccc(NCc2nc3cc(C(=O)N(CCC(=O)OC(C)C)c4ccccn4)ccc3n2C)cc1. The van der Waals surface area contributed by atoms with Gasteiger partial charge < -0.3 is 19.4 Å². The lowest BCUT2D eigenvalue weighted by Crippen LogP contribution is -2.34. The number of anilines is 2. The Hall–Kier alpha value is -5.26. The van der Waals surface area contributed by atoms with E-state index in [0.29, 0.717) is 30.0 Å². The fourth-order valence-corrected chi connectivity index (χ4v) is 4.81. The van der Waals surface area contributed by atoms with E-state index in [0.717, 1.165) is 48.3 Å². The van der Waals surface area contributed by atoms with Crippen molar-refractivity contribution in [3.63, 3.8) is 0 Å². The molecule has 2 amide bonds. The van der Waals surface area contributed by atoms with Gasteiger partial charge in [-0.15, -0.1) is 0 Å². The predicted octanol–water partition coefficient (Wildman–Crippen LogP) is 6.21. The summed E-state index contributed by atoms with van der Waals surface area (Å²) in [5.41, 5.74) is 6.06. The lowest BCUT2D eigenvalue weighted by Gasteiger charge is -2.21. The normalized spacial score (nSPS) is 11.2. The molecule has 0 aliphatic rings. The molecule has 0 atom stereocenters. The number of ether oxygens (including phenoxy) is 2. The van der Waals surface area contributed by atoms with Crippen LogP contribution >= 0.6 is 0 Å². The molecule has 2 aromatic carbocycles. The van der Waals surface area contributed by atoms with Crippen molar-refractivity contribution in [2.24, 2.45) is 12.1 Å². The Morgan fingerprint density at radius 2 is 1.85 bits per heavy atom. The average Bonchev–Trinajstić information content (AvgIpc) is 3.38. The minimum Gasteiger partial charge on any atom is -0.463 e. The molecule has 248 valence electrons. The summed E-state index contributed by atoms with van der Waals surface area (Å²) in [6.07, 6.45) is 6.55. The molecule has 0 saturated heterocycles. The van der Waals surface area contributed by atoms with Crippen LogP contribution in [0.3, 0.4) is 0 Å². The molecule has 0 aliphatic carbocycles. The quantitative estimate of drug-likeness (QED) is 0.0637. The van der Waals surface area contributed by atoms with E-state index in [9.17, 15) is 14.4 Å². The van der Waals surface area contributed by atoms with E-state index in [1.165, 1.54) is 4.90 Å². The van der Waals surface area contributed by atoms with E-state index in [-0.39, 0.29) is 30.9 Å². The summed E-state index contributed by atoms with van der Waals surface area (Å²) < 4.78 is 12.3. The first kappa shape index (κ1) is 34.6. The standard InChI is InChI=1S/C35H43N7O5/c1-5-6-7-10-21-46-35(45)40-38-23-26-12-15-28(16-13-26)37-24-32-39-29-22-27(14-17-30(29)41(32)4)34(44)42(31-11-8-9-19-36-31)20-18-33(43)47-25(2)3/h8-9,11-17,19,22-23,25,37H,5-7,10,18,20-21,24H2,1-4H3,(H,40,45)/b38-23+. The Morgan fingerprint density at radius 3 is 2.57 bits per heavy atom. The third-order valence-corrected chi connectivity index (χ3v) is 7.26. The van der Waals surface area contributed by atoms with E-state index in [4.69, 9.17) is 14.5 Å². The van der Waals surface area contributed by atoms with Crippen molar-refractivity contribution in [1.82, 2.24) is 20.0 Å². The fraction of sp³-hybridized carbons (Fsp3) is 0.371. The highest BCUT2D eigenvalue weighted by atomic mass is 16.6. The molecule has 4 rings (SSSR count). The number of carbonyl (C=O) groups is 3. The number of unbranched alkanes of at least 4 members (excludes halogenated alkanes) is 3. The molecule has 0 fully saturated rings. The topological polar surface area (TPSA) is 140 Å². The van der Waals surface area contributed by atoms with Crippen LogP contribution in [0.5, 0.6) is 0 Å². The summed E-state index contributed by atoms with van der Waals surface area (Å²) >= 11 is 0. The van der Waals surface area contributed by atoms with E-state index < -0.39 is 6.09 Å². The smallest absolute Gasteiger partial charge is 0.427 e. The molecule has 4 aromatic rings. The van der Waals surface area contributed by atoms with E-state index in [2.05, 4.69) is 27.8 Å². The van der Waals surface area contributed by atoms with Crippen molar-refractivity contribution in [3.8, 4) is 0 Å². The van der Waals surface area contributed by atoms with Crippen molar-refractivity contribution >= 4 is 46.7 Å². The number of aromatic nitrogens is 3. The second-order valence-corrected chi connectivity index (χ2v) is 11.3. The number of benzene rings is 2. The van der Waals surface area contributed by atoms with E-state index >= 15 is 0 Å². The number of hydrazone groups is 1. The number of amides is 2. The van der Waals surface area contributed by atoms with Gasteiger partial charge in [0.2, 0.25) is 0 Å². The first-order chi connectivity index (χ1) is 22.7. The molecule has 12 nitrogen and oxygen atoms in total. The number of esters is 1. The second-order valence-electron chi connectivity index (χ2n) is 11.3. The van der Waals surface area contributed by atoms with Crippen LogP contribution in [0.25, 0.3) is 11.0 Å². The van der Waals surface area contributed by atoms with Gasteiger partial charge in [0.05, 0.1) is 42.9 Å². The van der Waals surface area contributed by atoms with Crippen LogP contribution in [-0.4, -0.2) is 58.0 Å². The Morgan fingerprint density at radius 1 is 1.04 bits per heavy atom. The number of hydrogen-bond donors (Lipinski definition) is 2. The van der Waals surface area contributed by atoms with Gasteiger partial charge in [0.25, 0.3) is 5.91 Å². The highest BCUT2D eigenvalue weighted by Gasteiger charge is 2.22. The largest absolute Gasteiger partial charge is 0.463 e. The van der Waals surface area contributed by atoms with Gasteiger partial charge in [0.15, 0.2) is 0 Å². The lowest BCUT2D eigenvalue weighted by molar-refractivity contribution is -0.147. The van der Waals surface area contributed by atoms with Gasteiger partial charge in [-0.3, -0.25) is 14.5 Å². The van der Waals surface area contributed by atoms with Crippen LogP contribution in [-0.2, 0) is 27.9 Å². The summed E-state index contributed by atoms with van der Waals surface area (Å²) in [5.74, 6) is 0.568. The van der Waals surface area contributed by atoms with E-state index in [1.54, 1.807) is 56.6 Å². The summed E-state index contributed by atoms with van der Waals surface area (Å²) in [6.45, 7) is 6.67. The van der Waals surface area contributed by atoms with E-state index in [1.807, 2.05) is 41.9 Å². The Balaban J connectivity index is 1.36. The van der Waals surface area contributed by atoms with Gasteiger partial charge in [0.1, 0.15) is 11.6 Å². The maximum atomic E-state index is 13.7. The first-order valence-electron chi connectivity index (χ1n) is 15.9. The molecule has 47 heavy (non-hydrogen) atoms. The molecule has 2 heterocycles. The second kappa shape index (κ2) is 17.4. The molecule has 0 spiro atoms. The third kappa shape index (κ3) is 10.4. The highest BCUT2D eigenvalue weighted by molar-refractivity contribution is 6.07. The summed E-state index contributed by atoms with van der Waals surface area (Å²) in [7, 11) is 1.93. The number of carbonyl (C=O) groups excluding carboxylic acids is 3. The van der Waals surface area contributed by atoms with Gasteiger partial charge in [-0.2, -0.15) is 5.10 Å². The molecule has 0 unspecified atom stereocenters. The first-order valence-corrected chi connectivity index (χ1v) is 15.9. The summed E-state index contributed by atoms with van der Waals surface area (Å²) in [5, 5.41) is 7.33. The number of pyridine rings is 1. The van der Waals surface area contributed by atoms with Crippen LogP contribution < -0.4 is 15.6 Å². The van der Waals surface area contributed by atoms with Crippen molar-refractivity contribution in [1.29, 1.82) is 0 Å². The molecular weight excluding hydrogens is 598 g/mol. The molecule has 2 N–H and O–H groups in total. The number of hydrogen-bond acceptors (Lipinski definition) is 9. The fourth-order valence-electron chi connectivity index (χ4n) is 4.81. The monoisotopic (exact) mass is 641 g/mol. The van der Waals surface area contributed by atoms with Crippen LogP contribution in [0.1, 0.15) is 74.6 Å². The third-order valence-electron chi connectivity index (χ3n) is 7.26. The van der Waals surface area contributed by atoms with Crippen LogP contribution in [0.4, 0.5) is 16.3 Å². The van der Waals surface area contributed by atoms with Gasteiger partial charge in [0, 0.05) is 31.0 Å². The van der Waals surface area contributed by atoms with Crippen molar-refractivity contribution in [3.05, 3.63) is 83.8 Å². The molecule has 0 radical (unpaired) electrons.